The first-order valence-electron chi connectivity index (χ1n) is 8.27. The molecule has 0 bridgehead atoms. The van der Waals surface area contributed by atoms with Crippen LogP contribution in [0.2, 0.25) is 0 Å². The number of nitrogens with one attached hydrogen (secondary N) is 2. The normalized spacial score (nSPS) is 21.3. The molecule has 1 aromatic carbocycles. The number of piperidine rings is 1. The summed E-state index contributed by atoms with van der Waals surface area (Å²) in [6, 6.07) is 7.24. The molecule has 1 aliphatic rings. The lowest BCUT2D eigenvalue weighted by molar-refractivity contribution is 0.320. The van der Waals surface area contributed by atoms with Crippen LogP contribution in [0.25, 0.3) is 0 Å². The van der Waals surface area contributed by atoms with Gasteiger partial charge in [-0.3, -0.25) is 0 Å². The third-order valence-electron chi connectivity index (χ3n) is 4.75. The summed E-state index contributed by atoms with van der Waals surface area (Å²) in [5.41, 5.74) is 1.19. The van der Waals surface area contributed by atoms with Gasteiger partial charge in [0.15, 0.2) is 0 Å². The second kappa shape index (κ2) is 9.02. The molecule has 0 radical (unpaired) electrons. The lowest BCUT2D eigenvalue weighted by Gasteiger charge is -2.28. The Kier molecular flexibility index (Phi) is 8.01. The van der Waals surface area contributed by atoms with E-state index in [4.69, 9.17) is 0 Å². The van der Waals surface area contributed by atoms with Crippen LogP contribution in [0.5, 0.6) is 0 Å². The van der Waals surface area contributed by atoms with E-state index in [2.05, 4.69) is 23.9 Å². The van der Waals surface area contributed by atoms with Gasteiger partial charge in [-0.15, -0.1) is 12.4 Å². The molecule has 1 aromatic rings. The molecule has 0 saturated carbocycles. The topological polar surface area (TPSA) is 58.2 Å². The van der Waals surface area contributed by atoms with Gasteiger partial charge in [-0.2, -0.15) is 0 Å². The van der Waals surface area contributed by atoms with Gasteiger partial charge in [0.1, 0.15) is 0 Å². The molecular weight excluding hydrogens is 332 g/mol. The molecule has 0 aromatic heterocycles. The summed E-state index contributed by atoms with van der Waals surface area (Å²) in [4.78, 5) is 0.357. The monoisotopic (exact) mass is 360 g/mol. The van der Waals surface area contributed by atoms with Gasteiger partial charge in [0.05, 0.1) is 4.90 Å². The van der Waals surface area contributed by atoms with Crippen LogP contribution in [0.1, 0.15) is 51.5 Å². The van der Waals surface area contributed by atoms with Crippen LogP contribution in [-0.4, -0.2) is 27.5 Å². The largest absolute Gasteiger partial charge is 0.316 e. The number of halogens is 1. The van der Waals surface area contributed by atoms with Crippen LogP contribution in [0, 0.1) is 5.92 Å². The Morgan fingerprint density at radius 2 is 1.91 bits per heavy atom. The minimum absolute atomic E-state index is 0. The van der Waals surface area contributed by atoms with Crippen LogP contribution >= 0.6 is 12.4 Å². The highest BCUT2D eigenvalue weighted by Gasteiger charge is 2.25. The van der Waals surface area contributed by atoms with Crippen molar-refractivity contribution in [1.82, 2.24) is 10.0 Å². The number of hydrogen-bond donors (Lipinski definition) is 2. The molecule has 1 fully saturated rings. The highest BCUT2D eigenvalue weighted by molar-refractivity contribution is 7.89. The van der Waals surface area contributed by atoms with Crippen molar-refractivity contribution >= 4 is 22.4 Å². The fourth-order valence-corrected chi connectivity index (χ4v) is 4.24. The SMILES string of the molecule is CCC(C)c1ccc(S(=O)(=O)NC(C)C2CCCNC2)cc1.Cl. The molecule has 2 rings (SSSR count). The maximum atomic E-state index is 12.5. The molecule has 1 heterocycles. The van der Waals surface area contributed by atoms with Gasteiger partial charge in [-0.1, -0.05) is 26.0 Å². The quantitative estimate of drug-likeness (QED) is 0.818. The molecule has 132 valence electrons. The average molecular weight is 361 g/mol. The summed E-state index contributed by atoms with van der Waals surface area (Å²) in [6.45, 7) is 8.17. The lowest BCUT2D eigenvalue weighted by Crippen LogP contribution is -2.44. The Bertz CT molecular complexity index is 569. The first-order valence-corrected chi connectivity index (χ1v) is 9.75. The molecular formula is C17H29ClN2O2S. The first kappa shape index (κ1) is 20.4. The summed E-state index contributed by atoms with van der Waals surface area (Å²) in [5, 5.41) is 3.33. The summed E-state index contributed by atoms with van der Waals surface area (Å²) < 4.78 is 27.8. The number of sulfonamides is 1. The van der Waals surface area contributed by atoms with Crippen LogP contribution in [0.3, 0.4) is 0 Å². The number of benzene rings is 1. The zero-order chi connectivity index (χ0) is 16.2. The van der Waals surface area contributed by atoms with Crippen LogP contribution in [0.4, 0.5) is 0 Å². The van der Waals surface area contributed by atoms with Gasteiger partial charge < -0.3 is 5.32 Å². The predicted molar refractivity (Wildman–Crippen MR) is 97.8 cm³/mol. The van der Waals surface area contributed by atoms with E-state index in [1.54, 1.807) is 12.1 Å². The van der Waals surface area contributed by atoms with E-state index in [-0.39, 0.29) is 18.4 Å². The highest BCUT2D eigenvalue weighted by Crippen LogP contribution is 2.21. The van der Waals surface area contributed by atoms with Gasteiger partial charge in [0.2, 0.25) is 10.0 Å². The standard InChI is InChI=1S/C17H28N2O2S.ClH/c1-4-13(2)15-7-9-17(10-8-15)22(20,21)19-14(3)16-6-5-11-18-12-16;/h7-10,13-14,16,18-19H,4-6,11-12H2,1-3H3;1H. The molecule has 23 heavy (non-hydrogen) atoms. The van der Waals surface area contributed by atoms with E-state index < -0.39 is 10.0 Å². The van der Waals surface area contributed by atoms with Gasteiger partial charge in [0, 0.05) is 6.04 Å². The molecule has 1 saturated heterocycles. The molecule has 1 aliphatic heterocycles. The van der Waals surface area contributed by atoms with Crippen molar-refractivity contribution in [1.29, 1.82) is 0 Å². The summed E-state index contributed by atoms with van der Waals surface area (Å²) in [5.74, 6) is 0.819. The molecule has 0 amide bonds. The molecule has 3 atom stereocenters. The first-order chi connectivity index (χ1) is 10.4. The van der Waals surface area contributed by atoms with Crippen molar-refractivity contribution in [2.45, 2.75) is 56.9 Å². The van der Waals surface area contributed by atoms with E-state index in [0.717, 1.165) is 32.4 Å². The Hall–Kier alpha value is -0.620. The summed E-state index contributed by atoms with van der Waals surface area (Å²) >= 11 is 0. The van der Waals surface area contributed by atoms with E-state index in [0.29, 0.717) is 16.7 Å². The molecule has 3 unspecified atom stereocenters. The zero-order valence-corrected chi connectivity index (χ0v) is 15.8. The predicted octanol–water partition coefficient (Wildman–Crippen LogP) is 3.29. The van der Waals surface area contributed by atoms with E-state index in [1.807, 2.05) is 19.1 Å². The molecule has 2 N–H and O–H groups in total. The Balaban J connectivity index is 0.00000264. The van der Waals surface area contributed by atoms with E-state index in [1.165, 1.54) is 5.56 Å². The Morgan fingerprint density at radius 1 is 1.26 bits per heavy atom. The smallest absolute Gasteiger partial charge is 0.240 e. The third kappa shape index (κ3) is 5.45. The number of rotatable bonds is 6. The average Bonchev–Trinajstić information content (AvgIpc) is 2.54. The van der Waals surface area contributed by atoms with Gasteiger partial charge in [-0.05, 0) is 68.8 Å². The van der Waals surface area contributed by atoms with Crippen molar-refractivity contribution in [2.24, 2.45) is 5.92 Å². The van der Waals surface area contributed by atoms with Crippen LogP contribution in [0.15, 0.2) is 29.2 Å². The second-order valence-electron chi connectivity index (χ2n) is 6.39. The van der Waals surface area contributed by atoms with E-state index in [9.17, 15) is 8.42 Å². The third-order valence-corrected chi connectivity index (χ3v) is 6.33. The molecule has 4 nitrogen and oxygen atoms in total. The molecule has 6 heteroatoms. The Labute approximate surface area is 146 Å². The molecule has 0 aliphatic carbocycles. The van der Waals surface area contributed by atoms with Gasteiger partial charge >= 0.3 is 0 Å². The van der Waals surface area contributed by atoms with Crippen molar-refractivity contribution in [3.05, 3.63) is 29.8 Å². The zero-order valence-electron chi connectivity index (χ0n) is 14.2. The second-order valence-corrected chi connectivity index (χ2v) is 8.11. The highest BCUT2D eigenvalue weighted by atomic mass is 35.5. The Morgan fingerprint density at radius 3 is 2.43 bits per heavy atom. The van der Waals surface area contributed by atoms with Crippen molar-refractivity contribution < 1.29 is 8.42 Å². The van der Waals surface area contributed by atoms with E-state index >= 15 is 0 Å². The van der Waals surface area contributed by atoms with Crippen molar-refractivity contribution in [3.63, 3.8) is 0 Å². The van der Waals surface area contributed by atoms with Crippen LogP contribution in [-0.2, 0) is 10.0 Å². The summed E-state index contributed by atoms with van der Waals surface area (Å²) in [7, 11) is -3.44. The lowest BCUT2D eigenvalue weighted by atomic mass is 9.94. The fraction of sp³-hybridized carbons (Fsp3) is 0.647. The maximum Gasteiger partial charge on any atom is 0.240 e. The van der Waals surface area contributed by atoms with Gasteiger partial charge in [0.25, 0.3) is 0 Å². The van der Waals surface area contributed by atoms with Crippen molar-refractivity contribution in [2.75, 3.05) is 13.1 Å². The fourth-order valence-electron chi connectivity index (χ4n) is 2.93. The van der Waals surface area contributed by atoms with Crippen LogP contribution < -0.4 is 10.0 Å². The summed E-state index contributed by atoms with van der Waals surface area (Å²) in [6.07, 6.45) is 3.24. The molecule has 0 spiro atoms. The minimum Gasteiger partial charge on any atom is -0.316 e. The van der Waals surface area contributed by atoms with Gasteiger partial charge in [-0.25, -0.2) is 13.1 Å². The maximum absolute atomic E-state index is 12.5. The van der Waals surface area contributed by atoms with Crippen molar-refractivity contribution in [3.8, 4) is 0 Å². The number of hydrogen-bond acceptors (Lipinski definition) is 3. The minimum atomic E-state index is -3.44.